The molecule has 0 aliphatic rings. The van der Waals surface area contributed by atoms with E-state index >= 15 is 0 Å². The predicted molar refractivity (Wildman–Crippen MR) is 245 cm³/mol. The third-order valence-corrected chi connectivity index (χ3v) is 10.3. The van der Waals surface area contributed by atoms with Gasteiger partial charge in [0.2, 0.25) is 53.2 Å². The largest absolute Gasteiger partial charge is 0.481 e. The highest BCUT2D eigenvalue weighted by molar-refractivity contribution is 5.98. The number of carbonyl (C=O) groups excluding carboxylic acids is 9. The van der Waals surface area contributed by atoms with E-state index in [0.717, 1.165) is 0 Å². The molecule has 0 fully saturated rings. The van der Waals surface area contributed by atoms with Crippen LogP contribution in [0.2, 0.25) is 0 Å². The van der Waals surface area contributed by atoms with Crippen LogP contribution in [-0.4, -0.2) is 143 Å². The number of hydrogen-bond acceptors (Lipinski definition) is 13. The molecular formula is C43H77N11O13. The van der Waals surface area contributed by atoms with Crippen LogP contribution >= 0.6 is 0 Å². The van der Waals surface area contributed by atoms with Gasteiger partial charge in [0, 0.05) is 0 Å². The summed E-state index contributed by atoms with van der Waals surface area (Å²) in [6.45, 7) is 17.0. The summed E-state index contributed by atoms with van der Waals surface area (Å²) in [5.74, 6) is -12.0. The molecule has 8 atom stereocenters. The van der Waals surface area contributed by atoms with E-state index < -0.39 is 157 Å². The second kappa shape index (κ2) is 30.4. The molecule has 24 nitrogen and oxygen atoms in total. The van der Waals surface area contributed by atoms with Crippen LogP contribution in [0.3, 0.4) is 0 Å². The van der Waals surface area contributed by atoms with Gasteiger partial charge in [-0.05, 0) is 62.3 Å². The maximum atomic E-state index is 13.7. The van der Waals surface area contributed by atoms with Crippen LogP contribution in [0, 0.1) is 29.6 Å². The molecule has 0 aromatic heterocycles. The van der Waals surface area contributed by atoms with Crippen LogP contribution in [0.15, 0.2) is 0 Å². The molecule has 24 heteroatoms. The first-order valence-electron chi connectivity index (χ1n) is 22.6. The van der Waals surface area contributed by atoms with Gasteiger partial charge in [-0.3, -0.25) is 47.9 Å². The first-order valence-corrected chi connectivity index (χ1v) is 22.6. The molecule has 0 aliphatic heterocycles. The molecule has 0 heterocycles. The number of rotatable bonds is 31. The van der Waals surface area contributed by atoms with E-state index in [9.17, 15) is 63.0 Å². The van der Waals surface area contributed by atoms with Crippen LogP contribution in [0.25, 0.3) is 0 Å². The lowest BCUT2D eigenvalue weighted by Gasteiger charge is -2.30. The summed E-state index contributed by atoms with van der Waals surface area (Å²) in [7, 11) is 0. The van der Waals surface area contributed by atoms with Gasteiger partial charge in [0.25, 0.3) is 0 Å². The molecule has 9 amide bonds. The number of amides is 9. The maximum Gasteiger partial charge on any atom is 0.326 e. The fraction of sp³-hybridized carbons (Fsp3) is 0.744. The molecule has 8 unspecified atom stereocenters. The van der Waals surface area contributed by atoms with Crippen molar-refractivity contribution in [2.24, 2.45) is 41.1 Å². The number of nitrogens with two attached hydrogens (primary N) is 2. The molecule has 0 radical (unpaired) electrons. The highest BCUT2D eigenvalue weighted by Gasteiger charge is 2.35. The van der Waals surface area contributed by atoms with Crippen molar-refractivity contribution in [1.82, 2.24) is 47.9 Å². The summed E-state index contributed by atoms with van der Waals surface area (Å²) in [6, 6.07) is -9.75. The van der Waals surface area contributed by atoms with Crippen LogP contribution < -0.4 is 59.3 Å². The predicted octanol–water partition coefficient (Wildman–Crippen LogP) is -2.68. The van der Waals surface area contributed by atoms with Crippen molar-refractivity contribution in [2.45, 2.75) is 157 Å². The number of unbranched alkanes of at least 4 members (excludes halogenated alkanes) is 1. The van der Waals surface area contributed by atoms with Gasteiger partial charge in [-0.1, -0.05) is 75.7 Å². The first-order chi connectivity index (χ1) is 31.0. The van der Waals surface area contributed by atoms with Gasteiger partial charge in [-0.2, -0.15) is 0 Å². The summed E-state index contributed by atoms with van der Waals surface area (Å²) in [5.41, 5.74) is 11.6. The molecule has 0 saturated heterocycles. The Labute approximate surface area is 392 Å². The number of nitrogens with one attached hydrogen (secondary N) is 9. The van der Waals surface area contributed by atoms with Gasteiger partial charge in [-0.15, -0.1) is 0 Å². The average Bonchev–Trinajstić information content (AvgIpc) is 3.22. The number of aliphatic carboxylic acids is 2. The van der Waals surface area contributed by atoms with Gasteiger partial charge in [0.15, 0.2) is 0 Å². The third kappa shape index (κ3) is 23.4. The van der Waals surface area contributed by atoms with Crippen LogP contribution in [0.1, 0.15) is 108 Å². The van der Waals surface area contributed by atoms with E-state index in [4.69, 9.17) is 11.5 Å². The first kappa shape index (κ1) is 61.1. The minimum Gasteiger partial charge on any atom is -0.481 e. The smallest absolute Gasteiger partial charge is 0.326 e. The van der Waals surface area contributed by atoms with Gasteiger partial charge in [-0.25, -0.2) is 4.79 Å². The van der Waals surface area contributed by atoms with Gasteiger partial charge in [0.05, 0.1) is 25.6 Å². The quantitative estimate of drug-likeness (QED) is 0.0315. The Hall–Kier alpha value is -5.91. The van der Waals surface area contributed by atoms with Gasteiger partial charge >= 0.3 is 11.9 Å². The van der Waals surface area contributed by atoms with Crippen molar-refractivity contribution < 1.29 is 63.0 Å². The Bertz CT molecular complexity index is 1720. The van der Waals surface area contributed by atoms with E-state index in [1.807, 2.05) is 13.8 Å². The molecule has 382 valence electrons. The molecule has 0 saturated carbocycles. The van der Waals surface area contributed by atoms with E-state index in [0.29, 0.717) is 25.8 Å². The van der Waals surface area contributed by atoms with Crippen molar-refractivity contribution in [3.8, 4) is 0 Å². The van der Waals surface area contributed by atoms with Crippen molar-refractivity contribution in [2.75, 3.05) is 19.6 Å². The molecule has 0 aromatic rings. The lowest BCUT2D eigenvalue weighted by Crippen LogP contribution is -2.61. The Morgan fingerprint density at radius 2 is 0.896 bits per heavy atom. The Balaban J connectivity index is 5.69. The normalized spacial score (nSPS) is 14.9. The molecular weight excluding hydrogens is 879 g/mol. The molecule has 0 bridgehead atoms. The molecule has 0 rings (SSSR count). The Morgan fingerprint density at radius 1 is 0.463 bits per heavy atom. The third-order valence-electron chi connectivity index (χ3n) is 10.3. The number of carbonyl (C=O) groups is 11. The summed E-state index contributed by atoms with van der Waals surface area (Å²) >= 11 is 0. The number of carboxylic acid groups (broad SMARTS) is 2. The lowest BCUT2D eigenvalue weighted by atomic mass is 9.97. The molecule has 0 spiro atoms. The van der Waals surface area contributed by atoms with Crippen LogP contribution in [-0.2, 0) is 52.7 Å². The fourth-order valence-corrected chi connectivity index (χ4v) is 6.31. The van der Waals surface area contributed by atoms with Crippen LogP contribution in [0.5, 0.6) is 0 Å². The highest BCUT2D eigenvalue weighted by Crippen LogP contribution is 2.12. The van der Waals surface area contributed by atoms with E-state index in [1.165, 1.54) is 6.92 Å². The zero-order valence-corrected chi connectivity index (χ0v) is 40.7. The zero-order chi connectivity index (χ0) is 51.9. The fourth-order valence-electron chi connectivity index (χ4n) is 6.31. The van der Waals surface area contributed by atoms with Crippen molar-refractivity contribution in [1.29, 1.82) is 0 Å². The summed E-state index contributed by atoms with van der Waals surface area (Å²) in [5, 5.41) is 40.5. The van der Waals surface area contributed by atoms with E-state index in [1.54, 1.807) is 55.4 Å². The Morgan fingerprint density at radius 3 is 1.33 bits per heavy atom. The molecule has 15 N–H and O–H groups in total. The molecule has 67 heavy (non-hydrogen) atoms. The number of carboxylic acids is 2. The van der Waals surface area contributed by atoms with Crippen molar-refractivity contribution >= 4 is 65.1 Å². The zero-order valence-electron chi connectivity index (χ0n) is 40.7. The lowest BCUT2D eigenvalue weighted by molar-refractivity contribution is -0.143. The van der Waals surface area contributed by atoms with E-state index in [2.05, 4.69) is 47.9 Å². The second-order valence-corrected chi connectivity index (χ2v) is 18.3. The monoisotopic (exact) mass is 956 g/mol. The molecule has 0 aliphatic carbocycles. The minimum absolute atomic E-state index is 0.0178. The maximum absolute atomic E-state index is 13.7. The summed E-state index contributed by atoms with van der Waals surface area (Å²) in [6.07, 6.45) is 1.03. The summed E-state index contributed by atoms with van der Waals surface area (Å²) < 4.78 is 0. The van der Waals surface area contributed by atoms with Crippen molar-refractivity contribution in [3.63, 3.8) is 0 Å². The van der Waals surface area contributed by atoms with Gasteiger partial charge in [0.1, 0.15) is 42.3 Å². The minimum atomic E-state index is -1.70. The second-order valence-electron chi connectivity index (χ2n) is 18.3. The van der Waals surface area contributed by atoms with E-state index in [-0.39, 0.29) is 12.3 Å². The topological polar surface area (TPSA) is 389 Å². The van der Waals surface area contributed by atoms with Crippen LogP contribution in [0.4, 0.5) is 0 Å². The highest BCUT2D eigenvalue weighted by atomic mass is 16.4. The standard InChI is InChI=1S/C43H77N11O13/c1-20(2)16-27(50-37(60)26(45)14-12-13-15-44)39(62)52-33(22(5)6)41(64)54-34(23(7)8)42(65)53-32(21(3)4)40(63)47-18-29(55)48-25(11)36(59)49-28(17-31(57)58)38(61)46-19-30(56)51-35(24(9)10)43(66)67/h20-28,32-35H,12-19,44-45H2,1-11H3,(H,46,61)(H,47,63)(H,48,55)(H,49,59)(H,50,60)(H,51,56)(H,52,62)(H,53,65)(H,54,64)(H,57,58)(H,66,67). The Kier molecular flexibility index (Phi) is 27.7. The summed E-state index contributed by atoms with van der Waals surface area (Å²) in [4.78, 5) is 141. The number of hydrogen-bond donors (Lipinski definition) is 13. The van der Waals surface area contributed by atoms with Crippen molar-refractivity contribution in [3.05, 3.63) is 0 Å². The average molecular weight is 956 g/mol. The SMILES string of the molecule is CC(C)CC(NC(=O)C(N)CCCCN)C(=O)NC(C(=O)NC(C(=O)NC(C(=O)NCC(=O)NC(C)C(=O)NC(CC(=O)O)C(=O)NCC(=O)NC(C(=O)O)C(C)C)C(C)C)C(C)C)C(C)C. The van der Waals surface area contributed by atoms with Gasteiger partial charge < -0.3 is 69.5 Å². The molecule has 0 aromatic carbocycles.